The van der Waals surface area contributed by atoms with Crippen LogP contribution in [-0.2, 0) is 16.0 Å². The van der Waals surface area contributed by atoms with Crippen LogP contribution in [0.25, 0.3) is 0 Å². The highest BCUT2D eigenvalue weighted by atomic mass is 19.4. The molecule has 0 N–H and O–H groups in total. The third kappa shape index (κ3) is 4.85. The van der Waals surface area contributed by atoms with Gasteiger partial charge in [0.2, 0.25) is 0 Å². The number of hydrogen-bond donors (Lipinski definition) is 0. The summed E-state index contributed by atoms with van der Waals surface area (Å²) >= 11 is 0. The number of halogens is 3. The van der Waals surface area contributed by atoms with Gasteiger partial charge in [0.1, 0.15) is 29.8 Å². The maximum Gasteiger partial charge on any atom is 0.573 e. The molecule has 0 spiro atoms. The highest BCUT2D eigenvalue weighted by molar-refractivity contribution is 5.59. The van der Waals surface area contributed by atoms with E-state index in [1.54, 1.807) is 35.2 Å². The number of alkyl halides is 3. The smallest absolute Gasteiger partial charge is 0.496 e. The van der Waals surface area contributed by atoms with Crippen LogP contribution in [0.15, 0.2) is 42.5 Å². The second-order valence-corrected chi connectivity index (χ2v) is 6.61. The Kier molecular flexibility index (Phi) is 6.84. The van der Waals surface area contributed by atoms with E-state index < -0.39 is 18.6 Å². The van der Waals surface area contributed by atoms with Crippen molar-refractivity contribution >= 4 is 6.29 Å². The maximum atomic E-state index is 12.7. The molecular weight excluding hydrogens is 403 g/mol. The van der Waals surface area contributed by atoms with Gasteiger partial charge in [0.15, 0.2) is 0 Å². The molecule has 0 radical (unpaired) electrons. The van der Waals surface area contributed by atoms with Gasteiger partial charge < -0.3 is 23.7 Å². The zero-order valence-electron chi connectivity index (χ0n) is 16.5. The minimum absolute atomic E-state index is 0.149. The zero-order chi connectivity index (χ0) is 21.7. The van der Waals surface area contributed by atoms with E-state index in [4.69, 9.17) is 14.2 Å². The van der Waals surface area contributed by atoms with Crippen molar-refractivity contribution in [3.63, 3.8) is 0 Å². The van der Waals surface area contributed by atoms with E-state index >= 15 is 0 Å². The quantitative estimate of drug-likeness (QED) is 0.601. The van der Waals surface area contributed by atoms with Crippen LogP contribution < -0.4 is 14.2 Å². The normalized spacial score (nSPS) is 19.5. The summed E-state index contributed by atoms with van der Waals surface area (Å²) in [6.45, 7) is 0.406. The minimum Gasteiger partial charge on any atom is -0.496 e. The summed E-state index contributed by atoms with van der Waals surface area (Å²) in [5, 5.41) is 0. The Morgan fingerprint density at radius 2 is 1.70 bits per heavy atom. The molecule has 6 nitrogen and oxygen atoms in total. The lowest BCUT2D eigenvalue weighted by atomic mass is 10.1. The molecule has 2 unspecified atom stereocenters. The number of nitrogens with zero attached hydrogens (tertiary/aromatic N) is 1. The Morgan fingerprint density at radius 1 is 1.07 bits per heavy atom. The maximum absolute atomic E-state index is 12.7. The van der Waals surface area contributed by atoms with Crippen LogP contribution in [0.5, 0.6) is 17.2 Å². The Hall–Kier alpha value is -2.78. The molecule has 30 heavy (non-hydrogen) atoms. The molecule has 2 aromatic rings. The molecule has 0 amide bonds. The molecule has 1 aliphatic heterocycles. The van der Waals surface area contributed by atoms with E-state index in [1.807, 2.05) is 0 Å². The lowest BCUT2D eigenvalue weighted by Crippen LogP contribution is -2.36. The van der Waals surface area contributed by atoms with Crippen LogP contribution in [0.3, 0.4) is 0 Å². The van der Waals surface area contributed by atoms with Gasteiger partial charge in [-0.2, -0.15) is 0 Å². The Balaban J connectivity index is 1.87. The Labute approximate surface area is 172 Å². The fourth-order valence-corrected chi connectivity index (χ4v) is 3.51. The monoisotopic (exact) mass is 425 g/mol. The van der Waals surface area contributed by atoms with Gasteiger partial charge in [-0.1, -0.05) is 24.3 Å². The number of aldehydes is 1. The summed E-state index contributed by atoms with van der Waals surface area (Å²) in [5.41, 5.74) is 0.990. The summed E-state index contributed by atoms with van der Waals surface area (Å²) in [7, 11) is 3.03. The molecule has 0 aromatic heterocycles. The van der Waals surface area contributed by atoms with Crippen molar-refractivity contribution in [2.24, 2.45) is 0 Å². The molecule has 3 rings (SSSR count). The summed E-state index contributed by atoms with van der Waals surface area (Å²) in [6, 6.07) is 10.6. The third-order valence-electron chi connectivity index (χ3n) is 4.86. The first-order chi connectivity index (χ1) is 14.4. The largest absolute Gasteiger partial charge is 0.573 e. The van der Waals surface area contributed by atoms with E-state index in [0.717, 1.165) is 6.29 Å². The average molecular weight is 425 g/mol. The number of rotatable bonds is 8. The Morgan fingerprint density at radius 3 is 2.30 bits per heavy atom. The van der Waals surface area contributed by atoms with Gasteiger partial charge in [-0.25, -0.2) is 0 Å². The third-order valence-corrected chi connectivity index (χ3v) is 4.86. The number of carbonyl (C=O) groups is 1. The molecular formula is C21H22F3NO5. The van der Waals surface area contributed by atoms with Gasteiger partial charge in [0.25, 0.3) is 0 Å². The first-order valence-electron chi connectivity index (χ1n) is 9.25. The van der Waals surface area contributed by atoms with Crippen molar-refractivity contribution in [1.82, 2.24) is 4.90 Å². The zero-order valence-corrected chi connectivity index (χ0v) is 16.5. The molecule has 0 aliphatic carbocycles. The minimum atomic E-state index is -4.79. The summed E-state index contributed by atoms with van der Waals surface area (Å²) < 4.78 is 59.0. The standard InChI is InChI=1S/C21H22F3NO5/c1-27-17-8-5-9-18(28-2)19(17)20-25(15(12-26)13-29-20)11-10-14-6-3-4-7-16(14)30-21(22,23)24/h3-9,12,15,20H,10-11,13H2,1-2H3. The number of methoxy groups -OCH3 is 2. The average Bonchev–Trinajstić information content (AvgIpc) is 3.13. The molecule has 1 saturated heterocycles. The van der Waals surface area contributed by atoms with E-state index in [0.29, 0.717) is 22.6 Å². The summed E-state index contributed by atoms with van der Waals surface area (Å²) in [5.74, 6) is 0.785. The van der Waals surface area contributed by atoms with E-state index in [-0.39, 0.29) is 25.3 Å². The molecule has 0 bridgehead atoms. The first kappa shape index (κ1) is 21.9. The number of ether oxygens (including phenoxy) is 4. The predicted molar refractivity (Wildman–Crippen MR) is 102 cm³/mol. The van der Waals surface area contributed by atoms with Gasteiger partial charge >= 0.3 is 6.36 Å². The first-order valence-corrected chi connectivity index (χ1v) is 9.25. The van der Waals surface area contributed by atoms with Gasteiger partial charge in [-0.05, 0) is 30.2 Å². The fourth-order valence-electron chi connectivity index (χ4n) is 3.51. The Bertz CT molecular complexity index is 852. The van der Waals surface area contributed by atoms with Crippen LogP contribution in [0, 0.1) is 0 Å². The lowest BCUT2D eigenvalue weighted by Gasteiger charge is -2.28. The van der Waals surface area contributed by atoms with Crippen LogP contribution in [0.1, 0.15) is 17.4 Å². The second kappa shape index (κ2) is 9.36. The van der Waals surface area contributed by atoms with Crippen molar-refractivity contribution < 1.29 is 36.9 Å². The van der Waals surface area contributed by atoms with Gasteiger partial charge in [0, 0.05) is 6.54 Å². The number of carbonyl (C=O) groups excluding carboxylic acids is 1. The van der Waals surface area contributed by atoms with Gasteiger partial charge in [-0.15, -0.1) is 13.2 Å². The number of hydrogen-bond acceptors (Lipinski definition) is 6. The fraction of sp³-hybridized carbons (Fsp3) is 0.381. The second-order valence-electron chi connectivity index (χ2n) is 6.61. The summed E-state index contributed by atoms with van der Waals surface area (Å²) in [4.78, 5) is 13.4. The summed E-state index contributed by atoms with van der Waals surface area (Å²) in [6.07, 6.45) is -4.46. The number of benzene rings is 2. The lowest BCUT2D eigenvalue weighted by molar-refractivity contribution is -0.274. The SMILES string of the molecule is COc1cccc(OC)c1C1OCC(C=O)N1CCc1ccccc1OC(F)(F)F. The van der Waals surface area contributed by atoms with Crippen molar-refractivity contribution in [2.75, 3.05) is 27.4 Å². The molecule has 2 atom stereocenters. The molecule has 2 aromatic carbocycles. The van der Waals surface area contributed by atoms with E-state index in [2.05, 4.69) is 4.74 Å². The molecule has 0 saturated carbocycles. The van der Waals surface area contributed by atoms with Crippen LogP contribution in [0.4, 0.5) is 13.2 Å². The molecule has 1 heterocycles. The topological polar surface area (TPSA) is 57.2 Å². The van der Waals surface area contributed by atoms with E-state index in [1.165, 1.54) is 26.4 Å². The van der Waals surface area contributed by atoms with Crippen molar-refractivity contribution in [3.8, 4) is 17.2 Å². The highest BCUT2D eigenvalue weighted by Crippen LogP contribution is 2.41. The van der Waals surface area contributed by atoms with Crippen LogP contribution in [0.2, 0.25) is 0 Å². The molecule has 162 valence electrons. The molecule has 1 fully saturated rings. The predicted octanol–water partition coefficient (Wildman–Crippen LogP) is 3.74. The van der Waals surface area contributed by atoms with Crippen molar-refractivity contribution in [3.05, 3.63) is 53.6 Å². The molecule has 9 heteroatoms. The van der Waals surface area contributed by atoms with Crippen LogP contribution >= 0.6 is 0 Å². The van der Waals surface area contributed by atoms with Crippen LogP contribution in [-0.4, -0.2) is 51.0 Å². The van der Waals surface area contributed by atoms with Crippen molar-refractivity contribution in [2.45, 2.75) is 25.1 Å². The van der Waals surface area contributed by atoms with Gasteiger partial charge in [0.05, 0.1) is 32.4 Å². The molecule has 1 aliphatic rings. The van der Waals surface area contributed by atoms with Gasteiger partial charge in [-0.3, -0.25) is 4.90 Å². The van der Waals surface area contributed by atoms with Crippen molar-refractivity contribution in [1.29, 1.82) is 0 Å². The highest BCUT2D eigenvalue weighted by Gasteiger charge is 2.38. The van der Waals surface area contributed by atoms with E-state index in [9.17, 15) is 18.0 Å². The number of para-hydroxylation sites is 1.